The van der Waals surface area contributed by atoms with Gasteiger partial charge in [0.25, 0.3) is 5.69 Å². The second-order valence-corrected chi connectivity index (χ2v) is 5.26. The van der Waals surface area contributed by atoms with E-state index in [-0.39, 0.29) is 11.5 Å². The molecule has 0 amide bonds. The number of non-ortho nitro benzene ring substituents is 1. The summed E-state index contributed by atoms with van der Waals surface area (Å²) in [6, 6.07) is 4.45. The highest BCUT2D eigenvalue weighted by atomic mass is 32.2. The molecule has 0 aliphatic carbocycles. The number of benzene rings is 1. The maximum atomic E-state index is 11.4. The third-order valence-corrected chi connectivity index (χ3v) is 3.63. The number of nitro benzene ring substituents is 1. The fraction of sp³-hybridized carbons (Fsp3) is 0.417. The van der Waals surface area contributed by atoms with E-state index < -0.39 is 4.92 Å². The summed E-state index contributed by atoms with van der Waals surface area (Å²) >= 11 is 1.56. The molecule has 0 fully saturated rings. The molecule has 1 aromatic carbocycles. The Morgan fingerprint density at radius 1 is 1.47 bits per heavy atom. The first-order chi connectivity index (χ1) is 7.91. The SMILES string of the molecule is CC(=O)c1cc([N+](=O)[O-])ccc1SCC(C)C. The number of carbonyl (C=O) groups excluding carboxylic acids is 1. The minimum atomic E-state index is -0.483. The maximum absolute atomic E-state index is 11.4. The van der Waals surface area contributed by atoms with Crippen LogP contribution in [0.15, 0.2) is 23.1 Å². The van der Waals surface area contributed by atoms with E-state index in [2.05, 4.69) is 13.8 Å². The normalized spacial score (nSPS) is 10.6. The van der Waals surface area contributed by atoms with E-state index in [1.807, 2.05) is 0 Å². The van der Waals surface area contributed by atoms with E-state index in [9.17, 15) is 14.9 Å². The minimum Gasteiger partial charge on any atom is -0.294 e. The van der Waals surface area contributed by atoms with Crippen LogP contribution in [0.2, 0.25) is 0 Å². The van der Waals surface area contributed by atoms with Gasteiger partial charge in [-0.05, 0) is 18.9 Å². The number of carbonyl (C=O) groups is 1. The quantitative estimate of drug-likeness (QED) is 0.348. The molecule has 1 aromatic rings. The highest BCUT2D eigenvalue weighted by molar-refractivity contribution is 7.99. The van der Waals surface area contributed by atoms with E-state index in [4.69, 9.17) is 0 Å². The molecule has 0 saturated carbocycles. The average Bonchev–Trinajstić information content (AvgIpc) is 2.25. The van der Waals surface area contributed by atoms with Crippen LogP contribution >= 0.6 is 11.8 Å². The van der Waals surface area contributed by atoms with Crippen LogP contribution in [0.4, 0.5) is 5.69 Å². The van der Waals surface area contributed by atoms with Crippen LogP contribution in [0.25, 0.3) is 0 Å². The largest absolute Gasteiger partial charge is 0.294 e. The summed E-state index contributed by atoms with van der Waals surface area (Å²) in [7, 11) is 0. The molecule has 1 rings (SSSR count). The lowest BCUT2D eigenvalue weighted by Crippen LogP contribution is -1.99. The molecule has 0 radical (unpaired) electrons. The van der Waals surface area contributed by atoms with Gasteiger partial charge in [-0.1, -0.05) is 13.8 Å². The predicted octanol–water partition coefficient (Wildman–Crippen LogP) is 3.55. The average molecular weight is 253 g/mol. The van der Waals surface area contributed by atoms with Crippen molar-refractivity contribution in [3.05, 3.63) is 33.9 Å². The van der Waals surface area contributed by atoms with Gasteiger partial charge < -0.3 is 0 Å². The smallest absolute Gasteiger partial charge is 0.270 e. The van der Waals surface area contributed by atoms with Gasteiger partial charge in [0.2, 0.25) is 0 Å². The topological polar surface area (TPSA) is 60.2 Å². The lowest BCUT2D eigenvalue weighted by Gasteiger charge is -2.08. The maximum Gasteiger partial charge on any atom is 0.270 e. The summed E-state index contributed by atoms with van der Waals surface area (Å²) < 4.78 is 0. The molecular weight excluding hydrogens is 238 g/mol. The monoisotopic (exact) mass is 253 g/mol. The summed E-state index contributed by atoms with van der Waals surface area (Å²) in [4.78, 5) is 22.4. The molecule has 92 valence electrons. The number of hydrogen-bond acceptors (Lipinski definition) is 4. The molecule has 0 aliphatic rings. The van der Waals surface area contributed by atoms with Crippen molar-refractivity contribution in [2.75, 3.05) is 5.75 Å². The molecule has 0 heterocycles. The van der Waals surface area contributed by atoms with Gasteiger partial charge in [-0.15, -0.1) is 11.8 Å². The van der Waals surface area contributed by atoms with Gasteiger partial charge in [0.15, 0.2) is 5.78 Å². The molecular formula is C12H15NO3S. The first-order valence-electron chi connectivity index (χ1n) is 5.34. The second kappa shape index (κ2) is 5.82. The van der Waals surface area contributed by atoms with Gasteiger partial charge in [0.1, 0.15) is 0 Å². The van der Waals surface area contributed by atoms with Gasteiger partial charge in [0, 0.05) is 28.3 Å². The predicted molar refractivity (Wildman–Crippen MR) is 68.7 cm³/mol. The Balaban J connectivity index is 3.04. The van der Waals surface area contributed by atoms with Crippen molar-refractivity contribution in [3.63, 3.8) is 0 Å². The zero-order valence-electron chi connectivity index (χ0n) is 10.1. The third-order valence-electron chi connectivity index (χ3n) is 2.13. The second-order valence-electron chi connectivity index (χ2n) is 4.20. The molecule has 0 aliphatic heterocycles. The first kappa shape index (κ1) is 13.7. The van der Waals surface area contributed by atoms with Crippen LogP contribution in [-0.2, 0) is 0 Å². The van der Waals surface area contributed by atoms with E-state index >= 15 is 0 Å². The van der Waals surface area contributed by atoms with Crippen LogP contribution in [0.1, 0.15) is 31.1 Å². The number of Topliss-reactive ketones (excluding diaryl/α,β-unsaturated/α-hetero) is 1. The number of nitrogens with zero attached hydrogens (tertiary/aromatic N) is 1. The van der Waals surface area contributed by atoms with E-state index in [1.54, 1.807) is 17.8 Å². The van der Waals surface area contributed by atoms with Gasteiger partial charge in [0.05, 0.1) is 4.92 Å². The number of ketones is 1. The molecule has 0 atom stereocenters. The van der Waals surface area contributed by atoms with Crippen LogP contribution in [0.3, 0.4) is 0 Å². The van der Waals surface area contributed by atoms with Crippen molar-refractivity contribution in [3.8, 4) is 0 Å². The Morgan fingerprint density at radius 3 is 2.59 bits per heavy atom. The van der Waals surface area contributed by atoms with Crippen molar-refractivity contribution in [1.29, 1.82) is 0 Å². The Morgan fingerprint density at radius 2 is 2.12 bits per heavy atom. The number of nitro groups is 1. The molecule has 0 N–H and O–H groups in total. The van der Waals surface area contributed by atoms with Gasteiger partial charge in [-0.3, -0.25) is 14.9 Å². The molecule has 0 spiro atoms. The number of rotatable bonds is 5. The lowest BCUT2D eigenvalue weighted by atomic mass is 10.1. The Kier molecular flexibility index (Phi) is 4.69. The van der Waals surface area contributed by atoms with Crippen LogP contribution in [-0.4, -0.2) is 16.5 Å². The molecule has 17 heavy (non-hydrogen) atoms. The van der Waals surface area contributed by atoms with Crippen molar-refractivity contribution in [2.45, 2.75) is 25.7 Å². The fourth-order valence-electron chi connectivity index (χ4n) is 1.29. The van der Waals surface area contributed by atoms with Crippen LogP contribution < -0.4 is 0 Å². The summed E-state index contributed by atoms with van der Waals surface area (Å²) in [5.74, 6) is 1.26. The van der Waals surface area contributed by atoms with Crippen molar-refractivity contribution in [2.24, 2.45) is 5.92 Å². The highest BCUT2D eigenvalue weighted by Crippen LogP contribution is 2.28. The Labute approximate surface area is 105 Å². The molecule has 5 heteroatoms. The summed E-state index contributed by atoms with van der Waals surface area (Å²) in [6.07, 6.45) is 0. The Bertz CT molecular complexity index is 443. The van der Waals surface area contributed by atoms with E-state index in [1.165, 1.54) is 19.1 Å². The standard InChI is InChI=1S/C12H15NO3S/c1-8(2)7-17-12-5-4-10(13(15)16)6-11(12)9(3)14/h4-6,8H,7H2,1-3H3. The highest BCUT2D eigenvalue weighted by Gasteiger charge is 2.14. The minimum absolute atomic E-state index is 0.0379. The molecule has 0 aromatic heterocycles. The lowest BCUT2D eigenvalue weighted by molar-refractivity contribution is -0.384. The summed E-state index contributed by atoms with van der Waals surface area (Å²) in [5.41, 5.74) is 0.397. The first-order valence-corrected chi connectivity index (χ1v) is 6.32. The van der Waals surface area contributed by atoms with Gasteiger partial charge in [-0.25, -0.2) is 0 Å². The van der Waals surface area contributed by atoms with Crippen LogP contribution in [0.5, 0.6) is 0 Å². The van der Waals surface area contributed by atoms with Crippen molar-refractivity contribution in [1.82, 2.24) is 0 Å². The Hall–Kier alpha value is -1.36. The van der Waals surface area contributed by atoms with Gasteiger partial charge >= 0.3 is 0 Å². The van der Waals surface area contributed by atoms with Crippen molar-refractivity contribution >= 4 is 23.2 Å². The summed E-state index contributed by atoms with van der Waals surface area (Å²) in [6.45, 7) is 5.61. The zero-order valence-corrected chi connectivity index (χ0v) is 10.9. The molecule has 4 nitrogen and oxygen atoms in total. The summed E-state index contributed by atoms with van der Waals surface area (Å²) in [5, 5.41) is 10.6. The third kappa shape index (κ3) is 3.85. The van der Waals surface area contributed by atoms with Crippen LogP contribution in [0, 0.1) is 16.0 Å². The van der Waals surface area contributed by atoms with Gasteiger partial charge in [-0.2, -0.15) is 0 Å². The number of hydrogen-bond donors (Lipinski definition) is 0. The number of thioether (sulfide) groups is 1. The molecule has 0 bridgehead atoms. The zero-order chi connectivity index (χ0) is 13.0. The van der Waals surface area contributed by atoms with Crippen molar-refractivity contribution < 1.29 is 9.72 Å². The van der Waals surface area contributed by atoms with E-state index in [0.29, 0.717) is 11.5 Å². The molecule has 0 unspecified atom stereocenters. The fourth-order valence-corrected chi connectivity index (χ4v) is 2.32. The molecule has 0 saturated heterocycles. The van der Waals surface area contributed by atoms with E-state index in [0.717, 1.165) is 10.6 Å².